The van der Waals surface area contributed by atoms with Crippen LogP contribution in [0.15, 0.2) is 18.2 Å². The second kappa shape index (κ2) is 7.32. The summed E-state index contributed by atoms with van der Waals surface area (Å²) in [5.41, 5.74) is 0.249. The minimum Gasteiger partial charge on any atom is -0.487 e. The predicted molar refractivity (Wildman–Crippen MR) is 76.1 cm³/mol. The summed E-state index contributed by atoms with van der Waals surface area (Å²) in [6.45, 7) is 2.44. The third-order valence-corrected chi connectivity index (χ3v) is 2.63. The van der Waals surface area contributed by atoms with Crippen LogP contribution in [0.2, 0.25) is 0 Å². The second-order valence-electron chi connectivity index (χ2n) is 4.31. The smallest absolute Gasteiger partial charge is 0.333 e. The lowest BCUT2D eigenvalue weighted by Gasteiger charge is -2.12. The maximum Gasteiger partial charge on any atom is 0.333 e. The normalized spacial score (nSPS) is 9.95. The monoisotopic (exact) mass is 281 g/mol. The van der Waals surface area contributed by atoms with Crippen molar-refractivity contribution in [1.29, 1.82) is 0 Å². The number of nitro groups is 1. The van der Waals surface area contributed by atoms with Gasteiger partial charge in [-0.05, 0) is 19.1 Å². The van der Waals surface area contributed by atoms with Crippen molar-refractivity contribution in [3.8, 4) is 5.75 Å². The molecule has 7 heteroatoms. The number of nitrogens with zero attached hydrogens (tertiary/aromatic N) is 2. The van der Waals surface area contributed by atoms with E-state index in [1.165, 1.54) is 4.90 Å². The number of rotatable bonds is 7. The van der Waals surface area contributed by atoms with E-state index in [1.54, 1.807) is 39.2 Å². The highest BCUT2D eigenvalue weighted by Crippen LogP contribution is 2.34. The van der Waals surface area contributed by atoms with E-state index in [1.807, 2.05) is 0 Å². The fraction of sp³-hybridized carbons (Fsp3) is 0.462. The molecule has 0 aliphatic carbocycles. The Morgan fingerprint density at radius 3 is 2.70 bits per heavy atom. The number of hydrogen-bond donors (Lipinski definition) is 1. The number of ether oxygens (including phenoxy) is 1. The van der Waals surface area contributed by atoms with Gasteiger partial charge in [0.1, 0.15) is 5.69 Å². The Morgan fingerprint density at radius 1 is 1.45 bits per heavy atom. The van der Waals surface area contributed by atoms with Crippen molar-refractivity contribution in [2.24, 2.45) is 0 Å². The summed E-state index contributed by atoms with van der Waals surface area (Å²) >= 11 is 0. The summed E-state index contributed by atoms with van der Waals surface area (Å²) in [5.74, 6) is 0.183. The van der Waals surface area contributed by atoms with Crippen molar-refractivity contribution in [3.63, 3.8) is 0 Å². The number of para-hydroxylation sites is 1. The van der Waals surface area contributed by atoms with E-state index in [4.69, 9.17) is 4.74 Å². The van der Waals surface area contributed by atoms with Gasteiger partial charge < -0.3 is 15.0 Å². The molecule has 0 saturated carbocycles. The molecule has 0 bridgehead atoms. The predicted octanol–water partition coefficient (Wildman–Crippen LogP) is 1.88. The SMILES string of the molecule is CCOc1cccc(NCCC(=O)N(C)C)c1[N+](=O)[O-]. The lowest BCUT2D eigenvalue weighted by molar-refractivity contribution is -0.384. The number of hydrogen-bond acceptors (Lipinski definition) is 5. The molecule has 1 aromatic rings. The molecule has 7 nitrogen and oxygen atoms in total. The van der Waals surface area contributed by atoms with Crippen molar-refractivity contribution in [1.82, 2.24) is 4.90 Å². The summed E-state index contributed by atoms with van der Waals surface area (Å²) in [4.78, 5) is 23.6. The zero-order chi connectivity index (χ0) is 15.1. The van der Waals surface area contributed by atoms with Gasteiger partial charge in [-0.1, -0.05) is 6.07 Å². The van der Waals surface area contributed by atoms with Crippen molar-refractivity contribution in [2.75, 3.05) is 32.6 Å². The first kappa shape index (κ1) is 15.7. The van der Waals surface area contributed by atoms with Crippen LogP contribution in [0.1, 0.15) is 13.3 Å². The molecule has 1 amide bonds. The summed E-state index contributed by atoms with van der Waals surface area (Å²) in [6.07, 6.45) is 0.267. The average molecular weight is 281 g/mol. The van der Waals surface area contributed by atoms with Crippen LogP contribution in [0.5, 0.6) is 5.75 Å². The first-order valence-electron chi connectivity index (χ1n) is 6.31. The zero-order valence-electron chi connectivity index (χ0n) is 11.9. The second-order valence-corrected chi connectivity index (χ2v) is 4.31. The van der Waals surface area contributed by atoms with E-state index in [-0.39, 0.29) is 23.8 Å². The minimum atomic E-state index is -0.485. The third kappa shape index (κ3) is 4.11. The zero-order valence-corrected chi connectivity index (χ0v) is 11.9. The number of amides is 1. The number of carbonyl (C=O) groups excluding carboxylic acids is 1. The fourth-order valence-corrected chi connectivity index (χ4v) is 1.65. The van der Waals surface area contributed by atoms with E-state index in [9.17, 15) is 14.9 Å². The highest BCUT2D eigenvalue weighted by molar-refractivity contribution is 5.76. The van der Waals surface area contributed by atoms with Gasteiger partial charge in [0.05, 0.1) is 11.5 Å². The van der Waals surface area contributed by atoms with Gasteiger partial charge in [-0.2, -0.15) is 0 Å². The van der Waals surface area contributed by atoms with Gasteiger partial charge >= 0.3 is 5.69 Å². The van der Waals surface area contributed by atoms with Crippen molar-refractivity contribution < 1.29 is 14.5 Å². The van der Waals surface area contributed by atoms with Crippen LogP contribution >= 0.6 is 0 Å². The fourth-order valence-electron chi connectivity index (χ4n) is 1.65. The Hall–Kier alpha value is -2.31. The van der Waals surface area contributed by atoms with Gasteiger partial charge in [-0.25, -0.2) is 0 Å². The van der Waals surface area contributed by atoms with Crippen molar-refractivity contribution in [3.05, 3.63) is 28.3 Å². The van der Waals surface area contributed by atoms with Gasteiger partial charge in [-0.15, -0.1) is 0 Å². The molecule has 0 spiro atoms. The number of carbonyl (C=O) groups is 1. The Labute approximate surface area is 117 Å². The molecule has 0 radical (unpaired) electrons. The lowest BCUT2D eigenvalue weighted by atomic mass is 10.2. The minimum absolute atomic E-state index is 0.0406. The molecule has 1 rings (SSSR count). The number of anilines is 1. The molecular weight excluding hydrogens is 262 g/mol. The number of nitrogens with one attached hydrogen (secondary N) is 1. The number of benzene rings is 1. The van der Waals surface area contributed by atoms with Crippen LogP contribution in [0, 0.1) is 10.1 Å². The van der Waals surface area contributed by atoms with Crippen LogP contribution in [-0.4, -0.2) is 43.0 Å². The highest BCUT2D eigenvalue weighted by atomic mass is 16.6. The lowest BCUT2D eigenvalue weighted by Crippen LogP contribution is -2.24. The van der Waals surface area contributed by atoms with Crippen LogP contribution in [-0.2, 0) is 4.79 Å². The first-order chi connectivity index (χ1) is 9.47. The van der Waals surface area contributed by atoms with Gasteiger partial charge in [0.15, 0.2) is 5.75 Å². The highest BCUT2D eigenvalue weighted by Gasteiger charge is 2.20. The van der Waals surface area contributed by atoms with Gasteiger partial charge in [0.25, 0.3) is 0 Å². The van der Waals surface area contributed by atoms with E-state index in [0.29, 0.717) is 18.8 Å². The molecule has 0 heterocycles. The molecule has 0 saturated heterocycles. The molecule has 0 aliphatic rings. The summed E-state index contributed by atoms with van der Waals surface area (Å²) in [6, 6.07) is 4.83. The van der Waals surface area contributed by atoms with Crippen molar-refractivity contribution in [2.45, 2.75) is 13.3 Å². The summed E-state index contributed by atoms with van der Waals surface area (Å²) < 4.78 is 5.25. The standard InChI is InChI=1S/C13H19N3O4/c1-4-20-11-7-5-6-10(13(11)16(18)19)14-9-8-12(17)15(2)3/h5-7,14H,4,8-9H2,1-3H3. The van der Waals surface area contributed by atoms with Crippen LogP contribution in [0.3, 0.4) is 0 Å². The average Bonchev–Trinajstić information content (AvgIpc) is 2.38. The van der Waals surface area contributed by atoms with E-state index in [2.05, 4.69) is 5.32 Å². The van der Waals surface area contributed by atoms with E-state index in [0.717, 1.165) is 0 Å². The Kier molecular flexibility index (Phi) is 5.76. The molecule has 110 valence electrons. The molecule has 0 aliphatic heterocycles. The van der Waals surface area contributed by atoms with Crippen LogP contribution in [0.25, 0.3) is 0 Å². The molecule has 1 aromatic carbocycles. The van der Waals surface area contributed by atoms with Gasteiger partial charge in [0.2, 0.25) is 5.91 Å². The molecule has 0 fully saturated rings. The topological polar surface area (TPSA) is 84.7 Å². The van der Waals surface area contributed by atoms with Crippen LogP contribution < -0.4 is 10.1 Å². The maximum absolute atomic E-state index is 11.4. The Balaban J connectivity index is 2.81. The molecule has 0 aromatic heterocycles. The molecule has 0 atom stereocenters. The summed E-state index contributed by atoms with van der Waals surface area (Å²) in [5, 5.41) is 14.0. The van der Waals surface area contributed by atoms with Crippen molar-refractivity contribution >= 4 is 17.3 Å². The van der Waals surface area contributed by atoms with E-state index >= 15 is 0 Å². The maximum atomic E-state index is 11.4. The quantitative estimate of drug-likeness (QED) is 0.609. The molecule has 0 unspecified atom stereocenters. The Morgan fingerprint density at radius 2 is 2.15 bits per heavy atom. The third-order valence-electron chi connectivity index (χ3n) is 2.63. The van der Waals surface area contributed by atoms with Gasteiger partial charge in [-0.3, -0.25) is 14.9 Å². The Bertz CT molecular complexity index is 489. The molecule has 20 heavy (non-hydrogen) atoms. The molecular formula is C13H19N3O4. The van der Waals surface area contributed by atoms with Crippen LogP contribution in [0.4, 0.5) is 11.4 Å². The first-order valence-corrected chi connectivity index (χ1v) is 6.31. The summed E-state index contributed by atoms with van der Waals surface area (Å²) in [7, 11) is 3.33. The number of nitro benzene ring substituents is 1. The largest absolute Gasteiger partial charge is 0.487 e. The van der Waals surface area contributed by atoms with Gasteiger partial charge in [0, 0.05) is 27.1 Å². The van der Waals surface area contributed by atoms with E-state index < -0.39 is 4.92 Å². The molecule has 1 N–H and O–H groups in total.